The molecule has 0 amide bonds. The fourth-order valence-corrected chi connectivity index (χ4v) is 7.01. The van der Waals surface area contributed by atoms with Gasteiger partial charge in [0.25, 0.3) is 0 Å². The highest BCUT2D eigenvalue weighted by Crippen LogP contribution is 2.22. The molecule has 0 heterocycles. The van der Waals surface area contributed by atoms with E-state index in [0.717, 1.165) is 38.0 Å². The van der Waals surface area contributed by atoms with Crippen molar-refractivity contribution in [1.29, 1.82) is 0 Å². The van der Waals surface area contributed by atoms with E-state index in [1.165, 1.54) is 102 Å². The van der Waals surface area contributed by atoms with Crippen LogP contribution in [0.2, 0.25) is 0 Å². The Kier molecular flexibility index (Phi) is 36.8. The Morgan fingerprint density at radius 2 is 1.35 bits per heavy atom. The number of carbonyl (C=O) groups is 3. The van der Waals surface area contributed by atoms with E-state index >= 15 is 0 Å². The average Bonchev–Trinajstić information content (AvgIpc) is 3.15. The fourth-order valence-electron chi connectivity index (χ4n) is 5.89. The number of hydrogen-bond acceptors (Lipinski definition) is 9. The van der Waals surface area contributed by atoms with E-state index in [1.54, 1.807) is 0 Å². The molecule has 0 unspecified atom stereocenters. The van der Waals surface area contributed by atoms with Gasteiger partial charge in [0.2, 0.25) is 0 Å². The number of carbonyl (C=O) groups excluding carboxylic acids is 2. The topological polar surface area (TPSA) is 156 Å². The summed E-state index contributed by atoms with van der Waals surface area (Å²) >= 11 is 1.28. The van der Waals surface area contributed by atoms with E-state index in [9.17, 15) is 24.6 Å². The predicted molar refractivity (Wildman–Crippen MR) is 229 cm³/mol. The molecule has 4 atom stereocenters. The molecule has 0 saturated heterocycles. The number of rotatable bonds is 38. The van der Waals surface area contributed by atoms with Gasteiger partial charge in [-0.2, -0.15) is 0 Å². The number of nitrogens with two attached hydrogens (primary N) is 1. The van der Waals surface area contributed by atoms with Gasteiger partial charge in [0, 0.05) is 23.8 Å². The lowest BCUT2D eigenvalue weighted by atomic mass is 10.0. The Morgan fingerprint density at radius 1 is 0.727 bits per heavy atom. The number of hydrogen-bond donors (Lipinski definition) is 4. The number of aliphatic carboxylic acids is 1. The van der Waals surface area contributed by atoms with Crippen molar-refractivity contribution in [2.45, 2.75) is 192 Å². The quantitative estimate of drug-likeness (QED) is 0.0205. The summed E-state index contributed by atoms with van der Waals surface area (Å²) in [5.74, 6) is -1.09. The lowest BCUT2D eigenvalue weighted by Gasteiger charge is -2.21. The van der Waals surface area contributed by atoms with Crippen molar-refractivity contribution >= 4 is 29.7 Å². The molecule has 5 N–H and O–H groups in total. The minimum Gasteiger partial charge on any atom is -0.481 e. The summed E-state index contributed by atoms with van der Waals surface area (Å²) in [6.07, 6.45) is 37.6. The molecule has 0 aliphatic carbocycles. The van der Waals surface area contributed by atoms with Crippen molar-refractivity contribution in [1.82, 2.24) is 0 Å². The van der Waals surface area contributed by atoms with Gasteiger partial charge in [0.05, 0.1) is 12.7 Å². The fraction of sp³-hybridized carbons (Fsp3) is 0.756. The van der Waals surface area contributed by atoms with Gasteiger partial charge < -0.3 is 30.5 Å². The third-order valence-corrected chi connectivity index (χ3v) is 10.7. The van der Waals surface area contributed by atoms with E-state index < -0.39 is 48.0 Å². The molecule has 0 bridgehead atoms. The van der Waals surface area contributed by atoms with Gasteiger partial charge in [-0.15, -0.1) is 11.8 Å². The maximum atomic E-state index is 12.6. The molecule has 0 aromatic heterocycles. The molecule has 0 radical (unpaired) electrons. The van der Waals surface area contributed by atoms with Gasteiger partial charge in [-0.3, -0.25) is 14.4 Å². The van der Waals surface area contributed by atoms with Crippen LogP contribution in [-0.4, -0.2) is 75.7 Å². The largest absolute Gasteiger partial charge is 0.481 e. The zero-order chi connectivity index (χ0) is 40.8. The molecule has 0 aliphatic heterocycles. The van der Waals surface area contributed by atoms with Crippen LogP contribution in [0, 0.1) is 5.92 Å². The lowest BCUT2D eigenvalue weighted by Crippen LogP contribution is -2.38. The zero-order valence-electron chi connectivity index (χ0n) is 34.8. The number of allylic oxidation sites excluding steroid dienone is 7. The van der Waals surface area contributed by atoms with Crippen LogP contribution in [0.3, 0.4) is 0 Å². The Bertz CT molecular complexity index is 1060. The van der Waals surface area contributed by atoms with Crippen LogP contribution < -0.4 is 5.73 Å². The summed E-state index contributed by atoms with van der Waals surface area (Å²) in [5.41, 5.74) is 6.10. The molecule has 0 spiro atoms. The van der Waals surface area contributed by atoms with Crippen LogP contribution in [-0.2, 0) is 23.9 Å². The molecular formula is C45H79NO8S. The van der Waals surface area contributed by atoms with Crippen LogP contribution in [0.25, 0.3) is 0 Å². The highest BCUT2D eigenvalue weighted by Gasteiger charge is 2.23. The summed E-state index contributed by atoms with van der Waals surface area (Å²) in [5, 5.41) is 29.0. The van der Waals surface area contributed by atoms with Crippen molar-refractivity contribution in [2.24, 2.45) is 11.7 Å². The maximum Gasteiger partial charge on any atom is 0.323 e. The minimum absolute atomic E-state index is 0.0442. The first-order valence-electron chi connectivity index (χ1n) is 21.5. The Hall–Kier alpha value is -2.40. The Labute approximate surface area is 339 Å². The molecule has 0 aliphatic rings. The van der Waals surface area contributed by atoms with E-state index in [2.05, 4.69) is 39.0 Å². The highest BCUT2D eigenvalue weighted by molar-refractivity contribution is 8.00. The molecule has 10 heteroatoms. The highest BCUT2D eigenvalue weighted by atomic mass is 32.2. The van der Waals surface area contributed by atoms with E-state index in [0.29, 0.717) is 6.42 Å². The van der Waals surface area contributed by atoms with Gasteiger partial charge in [-0.1, -0.05) is 166 Å². The third kappa shape index (κ3) is 35.7. The molecule has 0 aromatic rings. The number of esters is 2. The molecule has 0 saturated carbocycles. The van der Waals surface area contributed by atoms with Gasteiger partial charge in [-0.25, -0.2) is 0 Å². The summed E-state index contributed by atoms with van der Waals surface area (Å²) in [4.78, 5) is 35.9. The second-order valence-corrected chi connectivity index (χ2v) is 16.3. The number of carboxylic acids is 1. The van der Waals surface area contributed by atoms with Crippen molar-refractivity contribution in [2.75, 3.05) is 19.0 Å². The number of thioether (sulfide) groups is 1. The molecule has 0 rings (SSSR count). The normalized spacial score (nSPS) is 14.4. The summed E-state index contributed by atoms with van der Waals surface area (Å²) < 4.78 is 10.6. The standard InChI is InChI=1S/C45H79NO8S/c1-4-5-6-7-8-9-10-15-18-21-24-27-32-42(41(48)31-29-33-43(49)50)55-37-40(46)45(52)53-36-39(35-47)54-44(51)34-28-25-22-19-16-13-11-12-14-17-20-23-26-30-38(2)3/h8-9,15,18,21,24,27,32,38-42,47-48H,4-7,10-14,16-17,19-20,22-23,25-26,28-31,33-37,46H2,1-3H3,(H,49,50)/b9-8-,18-15-,24-21+,32-27+/t39-,40-,41-,42+/m0/s1. The summed E-state index contributed by atoms with van der Waals surface area (Å²) in [6, 6.07) is -1.01. The van der Waals surface area contributed by atoms with Gasteiger partial charge in [0.1, 0.15) is 12.6 Å². The van der Waals surface area contributed by atoms with Crippen molar-refractivity contribution < 1.29 is 39.2 Å². The first-order valence-corrected chi connectivity index (χ1v) is 22.5. The summed E-state index contributed by atoms with van der Waals surface area (Å²) in [7, 11) is 0. The van der Waals surface area contributed by atoms with Crippen LogP contribution in [0.5, 0.6) is 0 Å². The van der Waals surface area contributed by atoms with E-state index in [-0.39, 0.29) is 31.6 Å². The van der Waals surface area contributed by atoms with Crippen molar-refractivity contribution in [3.8, 4) is 0 Å². The molecule has 0 fully saturated rings. The average molecular weight is 794 g/mol. The first-order chi connectivity index (χ1) is 26.6. The van der Waals surface area contributed by atoms with Crippen molar-refractivity contribution in [3.63, 3.8) is 0 Å². The number of ether oxygens (including phenoxy) is 2. The molecule has 0 aromatic carbocycles. The third-order valence-electron chi connectivity index (χ3n) is 9.30. The lowest BCUT2D eigenvalue weighted by molar-refractivity contribution is -0.161. The van der Waals surface area contributed by atoms with E-state index in [4.69, 9.17) is 20.3 Å². The summed E-state index contributed by atoms with van der Waals surface area (Å²) in [6.45, 7) is 6.01. The van der Waals surface area contributed by atoms with Gasteiger partial charge in [-0.05, 0) is 44.4 Å². The number of aliphatic hydroxyl groups is 2. The Morgan fingerprint density at radius 3 is 1.95 bits per heavy atom. The molecule has 55 heavy (non-hydrogen) atoms. The smallest absolute Gasteiger partial charge is 0.323 e. The second-order valence-electron chi connectivity index (χ2n) is 15.1. The van der Waals surface area contributed by atoms with E-state index in [1.807, 2.05) is 30.4 Å². The number of unbranched alkanes of at least 4 members (excludes halogenated alkanes) is 15. The maximum absolute atomic E-state index is 12.6. The van der Waals surface area contributed by atoms with Gasteiger partial charge in [0.15, 0.2) is 6.10 Å². The molecular weight excluding hydrogens is 715 g/mol. The van der Waals surface area contributed by atoms with Crippen LogP contribution >= 0.6 is 11.8 Å². The van der Waals surface area contributed by atoms with Gasteiger partial charge >= 0.3 is 17.9 Å². The molecule has 9 nitrogen and oxygen atoms in total. The minimum atomic E-state index is -1.01. The van der Waals surface area contributed by atoms with Crippen LogP contribution in [0.15, 0.2) is 48.6 Å². The number of carboxylic acid groups (broad SMARTS) is 1. The van der Waals surface area contributed by atoms with Crippen LogP contribution in [0.4, 0.5) is 0 Å². The number of aliphatic hydroxyl groups excluding tert-OH is 2. The predicted octanol–water partition coefficient (Wildman–Crippen LogP) is 10.2. The molecule has 318 valence electrons. The van der Waals surface area contributed by atoms with Crippen LogP contribution in [0.1, 0.15) is 168 Å². The zero-order valence-corrected chi connectivity index (χ0v) is 35.6. The monoisotopic (exact) mass is 794 g/mol. The SMILES string of the molecule is CCCCC/C=C\C\C=C/C=C/C=C/[C@@H](SC[C@H](N)C(=O)OC[C@H](CO)OC(=O)CCCCCCCCCCCCCCCC(C)C)[C@@H](O)CCCC(=O)O. The second kappa shape index (κ2) is 38.5. The first kappa shape index (κ1) is 52.6. The van der Waals surface area contributed by atoms with Crippen molar-refractivity contribution in [3.05, 3.63) is 48.6 Å². The Balaban J connectivity index is 4.43.